The summed E-state index contributed by atoms with van der Waals surface area (Å²) in [5.74, 6) is 0.820. The second kappa shape index (κ2) is 9.33. The van der Waals surface area contributed by atoms with Gasteiger partial charge in [0, 0.05) is 11.4 Å². The summed E-state index contributed by atoms with van der Waals surface area (Å²) in [5, 5.41) is 2.87. The molecule has 0 bridgehead atoms. The number of carbonyl (C=O) groups excluding carboxylic acids is 1. The van der Waals surface area contributed by atoms with Gasteiger partial charge in [-0.05, 0) is 49.1 Å². The Morgan fingerprint density at radius 2 is 1.74 bits per heavy atom. The van der Waals surface area contributed by atoms with E-state index in [0.717, 1.165) is 23.3 Å². The summed E-state index contributed by atoms with van der Waals surface area (Å²) in [4.78, 5) is 13.0. The Labute approximate surface area is 162 Å². The number of amides is 1. The van der Waals surface area contributed by atoms with Crippen LogP contribution in [0.5, 0.6) is 0 Å². The number of benzene rings is 2. The van der Waals surface area contributed by atoms with Gasteiger partial charge in [0.15, 0.2) is 5.76 Å². The first-order chi connectivity index (χ1) is 13.1. The van der Waals surface area contributed by atoms with Crippen molar-refractivity contribution in [3.8, 4) is 0 Å². The third-order valence-electron chi connectivity index (χ3n) is 4.27. The third kappa shape index (κ3) is 5.41. The van der Waals surface area contributed by atoms with Crippen LogP contribution in [0.2, 0.25) is 0 Å². The topological polar surface area (TPSA) is 59.3 Å². The van der Waals surface area contributed by atoms with Gasteiger partial charge < -0.3 is 9.73 Å². The fourth-order valence-electron chi connectivity index (χ4n) is 2.82. The van der Waals surface area contributed by atoms with Crippen molar-refractivity contribution in [3.63, 3.8) is 0 Å². The van der Waals surface area contributed by atoms with Crippen LogP contribution in [0.1, 0.15) is 33.9 Å². The van der Waals surface area contributed by atoms with Crippen LogP contribution in [0.25, 0.3) is 0 Å². The van der Waals surface area contributed by atoms with Crippen molar-refractivity contribution in [1.29, 1.82) is 0 Å². The number of furan rings is 1. The molecule has 0 unspecified atom stereocenters. The molecule has 0 fully saturated rings. The molecule has 3 rings (SSSR count). The first kappa shape index (κ1) is 19.1. The standard InChI is InChI=1S/C22H23NO3S/c1-17-8-5-6-12-21(17)27(25)16-19-13-14-20(26-19)22(24)23-15-7-11-18-9-3-2-4-10-18/h2-6,8-10,12-14H,7,11,15-16H2,1H3,(H,23,24)/t27-/m0/s1. The summed E-state index contributed by atoms with van der Waals surface area (Å²) in [6.45, 7) is 2.52. The zero-order valence-corrected chi connectivity index (χ0v) is 16.1. The van der Waals surface area contributed by atoms with Crippen LogP contribution in [-0.2, 0) is 23.0 Å². The highest BCUT2D eigenvalue weighted by Gasteiger charge is 2.14. The summed E-state index contributed by atoms with van der Waals surface area (Å²) < 4.78 is 18.1. The van der Waals surface area contributed by atoms with Crippen molar-refractivity contribution < 1.29 is 13.4 Å². The van der Waals surface area contributed by atoms with E-state index in [1.54, 1.807) is 12.1 Å². The minimum Gasteiger partial charge on any atom is -0.455 e. The summed E-state index contributed by atoms with van der Waals surface area (Å²) >= 11 is 0. The van der Waals surface area contributed by atoms with Gasteiger partial charge in [0.05, 0.1) is 16.6 Å². The van der Waals surface area contributed by atoms with E-state index < -0.39 is 10.8 Å². The fourth-order valence-corrected chi connectivity index (χ4v) is 4.05. The molecule has 5 heteroatoms. The lowest BCUT2D eigenvalue weighted by molar-refractivity contribution is 0.0924. The lowest BCUT2D eigenvalue weighted by Crippen LogP contribution is -2.24. The number of hydrogen-bond donors (Lipinski definition) is 1. The molecule has 1 atom stereocenters. The molecule has 4 nitrogen and oxygen atoms in total. The highest BCUT2D eigenvalue weighted by molar-refractivity contribution is 7.84. The SMILES string of the molecule is Cc1ccccc1[S@@](=O)Cc1ccc(C(=O)NCCCc2ccccc2)o1. The van der Waals surface area contributed by atoms with E-state index in [0.29, 0.717) is 12.3 Å². The molecule has 27 heavy (non-hydrogen) atoms. The molecular weight excluding hydrogens is 358 g/mol. The Morgan fingerprint density at radius 3 is 2.52 bits per heavy atom. The second-order valence-electron chi connectivity index (χ2n) is 6.37. The molecule has 1 heterocycles. The van der Waals surface area contributed by atoms with Gasteiger partial charge in [-0.1, -0.05) is 48.5 Å². The van der Waals surface area contributed by atoms with E-state index in [2.05, 4.69) is 17.4 Å². The molecule has 0 spiro atoms. The first-order valence-corrected chi connectivity index (χ1v) is 10.3. The van der Waals surface area contributed by atoms with Gasteiger partial charge in [0.25, 0.3) is 5.91 Å². The van der Waals surface area contributed by atoms with Crippen LogP contribution >= 0.6 is 0 Å². The van der Waals surface area contributed by atoms with E-state index in [1.165, 1.54) is 5.56 Å². The number of rotatable bonds is 8. The smallest absolute Gasteiger partial charge is 0.286 e. The van der Waals surface area contributed by atoms with Crippen molar-refractivity contribution >= 4 is 16.7 Å². The molecule has 3 aromatic rings. The highest BCUT2D eigenvalue weighted by Crippen LogP contribution is 2.18. The molecule has 140 valence electrons. The molecule has 1 amide bonds. The van der Waals surface area contributed by atoms with E-state index >= 15 is 0 Å². The van der Waals surface area contributed by atoms with E-state index in [-0.39, 0.29) is 17.4 Å². The molecule has 0 saturated heterocycles. The molecule has 1 aromatic heterocycles. The van der Waals surface area contributed by atoms with Gasteiger partial charge in [-0.2, -0.15) is 0 Å². The number of hydrogen-bond acceptors (Lipinski definition) is 3. The normalized spacial score (nSPS) is 11.9. The molecule has 0 aliphatic heterocycles. The molecule has 0 radical (unpaired) electrons. The van der Waals surface area contributed by atoms with Gasteiger partial charge in [-0.25, -0.2) is 0 Å². The maximum absolute atomic E-state index is 12.5. The minimum atomic E-state index is -1.20. The van der Waals surface area contributed by atoms with E-state index in [1.807, 2.05) is 49.4 Å². The summed E-state index contributed by atoms with van der Waals surface area (Å²) in [5.41, 5.74) is 2.24. The van der Waals surface area contributed by atoms with E-state index in [9.17, 15) is 9.00 Å². The Bertz CT molecular complexity index is 918. The maximum Gasteiger partial charge on any atom is 0.286 e. The van der Waals surface area contributed by atoms with Crippen LogP contribution in [-0.4, -0.2) is 16.7 Å². The largest absolute Gasteiger partial charge is 0.455 e. The monoisotopic (exact) mass is 381 g/mol. The van der Waals surface area contributed by atoms with Crippen molar-refractivity contribution in [2.24, 2.45) is 0 Å². The number of aryl methyl sites for hydroxylation is 2. The Morgan fingerprint density at radius 1 is 1.00 bits per heavy atom. The lowest BCUT2D eigenvalue weighted by atomic mass is 10.1. The predicted molar refractivity (Wildman–Crippen MR) is 107 cm³/mol. The molecular formula is C22H23NO3S. The number of nitrogens with one attached hydrogen (secondary N) is 1. The Kier molecular flexibility index (Phi) is 6.60. The Hall–Kier alpha value is -2.66. The van der Waals surface area contributed by atoms with Crippen molar-refractivity contribution in [3.05, 3.63) is 89.4 Å². The maximum atomic E-state index is 12.5. The van der Waals surface area contributed by atoms with Crippen LogP contribution in [0.4, 0.5) is 0 Å². The zero-order valence-electron chi connectivity index (χ0n) is 15.3. The third-order valence-corrected chi connectivity index (χ3v) is 5.76. The van der Waals surface area contributed by atoms with Gasteiger partial charge in [0.1, 0.15) is 5.76 Å². The van der Waals surface area contributed by atoms with Crippen LogP contribution in [0, 0.1) is 6.92 Å². The highest BCUT2D eigenvalue weighted by atomic mass is 32.2. The molecule has 2 aromatic carbocycles. The second-order valence-corrected chi connectivity index (χ2v) is 7.79. The van der Waals surface area contributed by atoms with Gasteiger partial charge in [-0.3, -0.25) is 9.00 Å². The predicted octanol–water partition coefficient (Wildman–Crippen LogP) is 4.26. The number of carbonyl (C=O) groups is 1. The Balaban J connectivity index is 1.49. The van der Waals surface area contributed by atoms with E-state index in [4.69, 9.17) is 4.42 Å². The average molecular weight is 381 g/mol. The average Bonchev–Trinajstić information content (AvgIpc) is 3.15. The van der Waals surface area contributed by atoms with Gasteiger partial charge >= 0.3 is 0 Å². The lowest BCUT2D eigenvalue weighted by Gasteiger charge is -2.05. The van der Waals surface area contributed by atoms with Crippen LogP contribution < -0.4 is 5.32 Å². The zero-order chi connectivity index (χ0) is 19.1. The molecule has 0 aliphatic rings. The van der Waals surface area contributed by atoms with Gasteiger partial charge in [0.2, 0.25) is 0 Å². The molecule has 1 N–H and O–H groups in total. The van der Waals surface area contributed by atoms with Crippen molar-refractivity contribution in [1.82, 2.24) is 5.32 Å². The van der Waals surface area contributed by atoms with Gasteiger partial charge in [-0.15, -0.1) is 0 Å². The van der Waals surface area contributed by atoms with Crippen LogP contribution in [0.3, 0.4) is 0 Å². The summed E-state index contributed by atoms with van der Waals surface area (Å²) in [7, 11) is -1.20. The fraction of sp³-hybridized carbons (Fsp3) is 0.227. The molecule has 0 saturated carbocycles. The van der Waals surface area contributed by atoms with Crippen molar-refractivity contribution in [2.45, 2.75) is 30.4 Å². The summed E-state index contributed by atoms with van der Waals surface area (Å²) in [6, 6.07) is 21.1. The molecule has 0 aliphatic carbocycles. The van der Waals surface area contributed by atoms with Crippen LogP contribution in [0.15, 0.2) is 76.0 Å². The summed E-state index contributed by atoms with van der Waals surface area (Å²) in [6.07, 6.45) is 1.78. The first-order valence-electron chi connectivity index (χ1n) is 8.98. The van der Waals surface area contributed by atoms with Crippen molar-refractivity contribution in [2.75, 3.05) is 6.54 Å². The minimum absolute atomic E-state index is 0.240. The quantitative estimate of drug-likeness (QED) is 0.593.